The molecular weight excluding hydrogens is 381 g/mol. The number of fused-ring (bicyclic) bond motifs is 2. The molecule has 3 nitrogen and oxygen atoms in total. The van der Waals surface area contributed by atoms with Crippen molar-refractivity contribution in [3.05, 3.63) is 0 Å². The van der Waals surface area contributed by atoms with Crippen LogP contribution in [0.25, 0.3) is 0 Å². The van der Waals surface area contributed by atoms with Gasteiger partial charge in [0, 0.05) is 0 Å². The third-order valence-electron chi connectivity index (χ3n) is 4.04. The van der Waals surface area contributed by atoms with Gasteiger partial charge in [0.25, 0.3) is 0 Å². The van der Waals surface area contributed by atoms with E-state index in [-0.39, 0.29) is 5.97 Å². The molecule has 4 atom stereocenters. The molecule has 0 saturated heterocycles. The number of hydrogen-bond acceptors (Lipinski definition) is 3. The maximum absolute atomic E-state index is 10.8. The van der Waals surface area contributed by atoms with Gasteiger partial charge in [0.1, 0.15) is 0 Å². The average Bonchev–Trinajstić information content (AvgIpc) is 2.62. The van der Waals surface area contributed by atoms with E-state index < -0.39 is 25.0 Å². The van der Waals surface area contributed by atoms with Crippen LogP contribution in [0.2, 0.25) is 3.43 Å². The van der Waals surface area contributed by atoms with Gasteiger partial charge in [0.2, 0.25) is 0 Å². The third kappa shape index (κ3) is 2.73. The first-order valence-corrected chi connectivity index (χ1v) is 11.3. The summed E-state index contributed by atoms with van der Waals surface area (Å²) in [5, 5.41) is 0. The van der Waals surface area contributed by atoms with Gasteiger partial charge in [-0.3, -0.25) is 0 Å². The third-order valence-corrected chi connectivity index (χ3v) is 11.8. The molecule has 0 spiro atoms. The maximum atomic E-state index is 10.8. The van der Waals surface area contributed by atoms with Crippen LogP contribution in [0, 0.1) is 11.8 Å². The predicted molar refractivity (Wildman–Crippen MR) is 51.8 cm³/mol. The van der Waals surface area contributed by atoms with Crippen LogP contribution in [0.3, 0.4) is 0 Å². The average molecular weight is 399 g/mol. The van der Waals surface area contributed by atoms with Crippen LogP contribution in [0.4, 0.5) is 0 Å². The molecule has 0 heterocycles. The van der Waals surface area contributed by atoms with E-state index in [0.29, 0.717) is 6.10 Å². The molecule has 0 radical (unpaired) electrons. The Morgan fingerprint density at radius 1 is 1.27 bits per heavy atom. The molecule has 2 aliphatic carbocycles. The Kier molecular flexibility index (Phi) is 4.05. The molecule has 0 N–H and O–H groups in total. The Labute approximate surface area is 104 Å². The van der Waals surface area contributed by atoms with E-state index in [1.807, 2.05) is 7.11 Å². The molecule has 2 fully saturated rings. The molecular formula is C11H18HgO3. The zero-order chi connectivity index (χ0) is 10.8. The monoisotopic (exact) mass is 400 g/mol. The number of carbonyl (C=O) groups is 1. The Balaban J connectivity index is 1.91. The molecule has 2 saturated carbocycles. The molecule has 4 heteroatoms. The molecule has 0 unspecified atom stereocenters. The van der Waals surface area contributed by atoms with Crippen LogP contribution in [-0.4, -0.2) is 19.2 Å². The second-order valence-electron chi connectivity index (χ2n) is 4.91. The molecule has 2 aliphatic rings. The Morgan fingerprint density at radius 3 is 2.67 bits per heavy atom. The SMILES string of the molecule is CO[C@@H]1C[C@@H]([Hg][O]C(C)=O)[C@H]2CC[C@@H]1C2. The van der Waals surface area contributed by atoms with Crippen LogP contribution >= 0.6 is 0 Å². The number of rotatable bonds is 3. The summed E-state index contributed by atoms with van der Waals surface area (Å²) in [4.78, 5) is 10.8. The van der Waals surface area contributed by atoms with Crippen LogP contribution in [0.1, 0.15) is 32.6 Å². The van der Waals surface area contributed by atoms with Crippen molar-refractivity contribution < 1.29 is 37.2 Å². The van der Waals surface area contributed by atoms with Crippen molar-refractivity contribution in [2.75, 3.05) is 7.11 Å². The summed E-state index contributed by atoms with van der Waals surface area (Å²) < 4.78 is 11.7. The summed E-state index contributed by atoms with van der Waals surface area (Å²) in [7, 11) is 1.82. The van der Waals surface area contributed by atoms with E-state index in [1.165, 1.54) is 32.6 Å². The molecule has 15 heavy (non-hydrogen) atoms. The Hall–Kier alpha value is 0.365. The quantitative estimate of drug-likeness (QED) is 0.683. The number of hydrogen-bond donors (Lipinski definition) is 0. The van der Waals surface area contributed by atoms with E-state index in [9.17, 15) is 4.79 Å². The van der Waals surface area contributed by atoms with E-state index in [4.69, 9.17) is 7.38 Å². The van der Waals surface area contributed by atoms with Crippen LogP contribution < -0.4 is 0 Å². The van der Waals surface area contributed by atoms with Crippen molar-refractivity contribution in [3.63, 3.8) is 0 Å². The van der Waals surface area contributed by atoms with Gasteiger partial charge < -0.3 is 0 Å². The van der Waals surface area contributed by atoms with Crippen LogP contribution in [0.15, 0.2) is 0 Å². The van der Waals surface area contributed by atoms with Gasteiger partial charge in [-0.1, -0.05) is 0 Å². The van der Waals surface area contributed by atoms with Crippen molar-refractivity contribution in [2.45, 2.75) is 42.1 Å². The fraction of sp³-hybridized carbons (Fsp3) is 0.909. The number of carbonyl (C=O) groups excluding carboxylic acids is 1. The second kappa shape index (κ2) is 5.13. The van der Waals surface area contributed by atoms with Crippen LogP contribution in [0.5, 0.6) is 0 Å². The fourth-order valence-electron chi connectivity index (χ4n) is 3.22. The van der Waals surface area contributed by atoms with Gasteiger partial charge in [-0.25, -0.2) is 0 Å². The molecule has 2 bridgehead atoms. The zero-order valence-electron chi connectivity index (χ0n) is 9.57. The Morgan fingerprint density at radius 2 is 2.00 bits per heavy atom. The summed E-state index contributed by atoms with van der Waals surface area (Å²) in [6, 6.07) is 0. The molecule has 0 amide bonds. The predicted octanol–water partition coefficient (Wildman–Crippen LogP) is 2.17. The van der Waals surface area contributed by atoms with Gasteiger partial charge in [-0.05, 0) is 0 Å². The molecule has 0 aromatic carbocycles. The standard InChI is InChI=1S/C9H15O.C2H4O2.Hg/c1-10-9-5-3-7-2-4-8(9)6-7;1-2(3)4;/h3,7-9H,2,4-6H2,1H3;1H3,(H,3,4);/q;;+1/p-1/t7-,8-,9-;;/m1../s1. The first kappa shape index (κ1) is 11.8. The summed E-state index contributed by atoms with van der Waals surface area (Å²) in [5.74, 6) is 1.59. The van der Waals surface area contributed by atoms with E-state index in [1.54, 1.807) is 0 Å². The summed E-state index contributed by atoms with van der Waals surface area (Å²) in [6.07, 6.45) is 5.61. The van der Waals surface area contributed by atoms with Gasteiger partial charge >= 0.3 is 104 Å². The zero-order valence-corrected chi connectivity index (χ0v) is 15.1. The van der Waals surface area contributed by atoms with E-state index >= 15 is 0 Å². The normalized spacial score (nSPS) is 38.5. The van der Waals surface area contributed by atoms with Crippen molar-refractivity contribution in [2.24, 2.45) is 11.8 Å². The summed E-state index contributed by atoms with van der Waals surface area (Å²) in [6.45, 7) is 1.54. The van der Waals surface area contributed by atoms with E-state index in [0.717, 1.165) is 15.3 Å². The second-order valence-corrected chi connectivity index (χ2v) is 11.4. The molecule has 82 valence electrons. The van der Waals surface area contributed by atoms with E-state index in [2.05, 4.69) is 0 Å². The minimum absolute atomic E-state index is 0.0641. The van der Waals surface area contributed by atoms with Gasteiger partial charge in [-0.2, -0.15) is 0 Å². The molecule has 0 aromatic rings. The van der Waals surface area contributed by atoms with Gasteiger partial charge in [0.15, 0.2) is 0 Å². The topological polar surface area (TPSA) is 35.5 Å². The van der Waals surface area contributed by atoms with Crippen LogP contribution in [-0.2, 0) is 37.2 Å². The number of ether oxygens (including phenoxy) is 1. The van der Waals surface area contributed by atoms with Crippen molar-refractivity contribution in [1.82, 2.24) is 0 Å². The minimum atomic E-state index is -1.45. The van der Waals surface area contributed by atoms with Crippen molar-refractivity contribution in [1.29, 1.82) is 0 Å². The Bertz CT molecular complexity index is 244. The summed E-state index contributed by atoms with van der Waals surface area (Å²) >= 11 is -1.45. The van der Waals surface area contributed by atoms with Gasteiger partial charge in [0.05, 0.1) is 0 Å². The molecule has 0 aliphatic heterocycles. The first-order chi connectivity index (χ1) is 7.20. The first-order valence-electron chi connectivity index (χ1n) is 5.87. The summed E-state index contributed by atoms with van der Waals surface area (Å²) in [5.41, 5.74) is 0. The van der Waals surface area contributed by atoms with Crippen molar-refractivity contribution >= 4 is 5.97 Å². The molecule has 2 rings (SSSR count). The van der Waals surface area contributed by atoms with Gasteiger partial charge in [-0.15, -0.1) is 0 Å². The number of methoxy groups -OCH3 is 1. The van der Waals surface area contributed by atoms with Crippen molar-refractivity contribution in [3.8, 4) is 0 Å². The fourth-order valence-corrected chi connectivity index (χ4v) is 9.49. The molecule has 0 aromatic heterocycles.